The number of methoxy groups -OCH3 is 1. The Labute approximate surface area is 273 Å². The van der Waals surface area contributed by atoms with Crippen molar-refractivity contribution >= 4 is 29.2 Å². The Balaban J connectivity index is 1.69. The van der Waals surface area contributed by atoms with E-state index >= 15 is 0 Å². The molecule has 0 bridgehead atoms. The predicted molar refractivity (Wildman–Crippen MR) is 170 cm³/mol. The molecule has 2 aliphatic rings. The number of benzene rings is 1. The van der Waals surface area contributed by atoms with Crippen molar-refractivity contribution in [3.05, 3.63) is 57.0 Å². The molecule has 1 unspecified atom stereocenters. The van der Waals surface area contributed by atoms with E-state index < -0.39 is 42.5 Å². The van der Waals surface area contributed by atoms with Crippen LogP contribution in [-0.4, -0.2) is 90.6 Å². The second-order valence-electron chi connectivity index (χ2n) is 11.7. The van der Waals surface area contributed by atoms with Crippen molar-refractivity contribution in [3.63, 3.8) is 0 Å². The minimum Gasteiger partial charge on any atom is -0.495 e. The molecule has 15 heteroatoms. The second-order valence-corrected chi connectivity index (χ2v) is 12.1. The summed E-state index contributed by atoms with van der Waals surface area (Å²) < 4.78 is 21.7. The molecular weight excluding hydrogens is 622 g/mol. The van der Waals surface area contributed by atoms with Gasteiger partial charge in [-0.3, -0.25) is 9.59 Å². The van der Waals surface area contributed by atoms with Gasteiger partial charge in [-0.1, -0.05) is 54.4 Å². The van der Waals surface area contributed by atoms with Gasteiger partial charge in [0, 0.05) is 24.3 Å². The Hall–Kier alpha value is -3.20. The molecule has 1 amide bonds. The van der Waals surface area contributed by atoms with Gasteiger partial charge in [-0.2, -0.15) is 0 Å². The number of allylic oxidation sites excluding steroid dienone is 3. The molecule has 2 fully saturated rings. The number of ether oxygens (including phenoxy) is 4. The van der Waals surface area contributed by atoms with Gasteiger partial charge in [0.05, 0.1) is 38.0 Å². The van der Waals surface area contributed by atoms with Gasteiger partial charge in [0.2, 0.25) is 12.3 Å². The van der Waals surface area contributed by atoms with Crippen LogP contribution >= 0.6 is 11.6 Å². The number of aliphatic hydroxyl groups is 3. The van der Waals surface area contributed by atoms with Crippen LogP contribution in [0.2, 0.25) is 5.02 Å². The lowest BCUT2D eigenvalue weighted by Crippen LogP contribution is -2.65. The Morgan fingerprint density at radius 2 is 2.04 bits per heavy atom. The highest BCUT2D eigenvalue weighted by atomic mass is 35.5. The number of carbonyl (C=O) groups is 2. The summed E-state index contributed by atoms with van der Waals surface area (Å²) >= 11 is 6.59. The van der Waals surface area contributed by atoms with Crippen LogP contribution in [0.3, 0.4) is 0 Å². The lowest BCUT2D eigenvalue weighted by molar-refractivity contribution is -0.268. The van der Waals surface area contributed by atoms with E-state index in [-0.39, 0.29) is 35.8 Å². The van der Waals surface area contributed by atoms with Crippen LogP contribution < -0.4 is 15.0 Å². The number of aliphatic hydroxyl groups excluding tert-OH is 2. The highest BCUT2D eigenvalue weighted by Crippen LogP contribution is 2.37. The first-order chi connectivity index (χ1) is 21.7. The normalized spacial score (nSPS) is 25.6. The zero-order chi connectivity index (χ0) is 34.2. The van der Waals surface area contributed by atoms with E-state index in [2.05, 4.69) is 15.3 Å². The Morgan fingerprint density at radius 1 is 1.35 bits per heavy atom. The molecular formula is C31H44ClN5O9. The summed E-state index contributed by atoms with van der Waals surface area (Å²) in [5.41, 5.74) is 8.81. The summed E-state index contributed by atoms with van der Waals surface area (Å²) in [6.07, 6.45) is 1.52. The van der Waals surface area contributed by atoms with Crippen molar-refractivity contribution in [2.45, 2.75) is 96.0 Å². The van der Waals surface area contributed by atoms with Gasteiger partial charge in [-0.15, -0.1) is 0 Å². The fourth-order valence-electron chi connectivity index (χ4n) is 5.06. The van der Waals surface area contributed by atoms with Crippen molar-refractivity contribution < 1.29 is 43.9 Å². The lowest BCUT2D eigenvalue weighted by atomic mass is 9.89. The topological polar surface area (TPSA) is 199 Å². The van der Waals surface area contributed by atoms with Crippen molar-refractivity contribution in [2.75, 3.05) is 25.7 Å². The lowest BCUT2D eigenvalue weighted by Gasteiger charge is -2.43. The predicted octanol–water partition coefficient (Wildman–Crippen LogP) is 3.51. The number of azide groups is 1. The van der Waals surface area contributed by atoms with Crippen LogP contribution in [-0.2, 0) is 30.2 Å². The molecule has 4 N–H and O–H groups in total. The third-order valence-corrected chi connectivity index (χ3v) is 8.49. The van der Waals surface area contributed by atoms with Crippen molar-refractivity contribution in [1.29, 1.82) is 0 Å². The molecule has 8 atom stereocenters. The van der Waals surface area contributed by atoms with Crippen LogP contribution in [0.25, 0.3) is 10.4 Å². The minimum absolute atomic E-state index is 0.000936. The highest BCUT2D eigenvalue weighted by Gasteiger charge is 2.47. The number of nitrogens with zero attached hydrogens (tertiary/aromatic N) is 4. The summed E-state index contributed by atoms with van der Waals surface area (Å²) in [5.74, 6) is -0.778. The fraction of sp³-hybridized carbons (Fsp3) is 0.613. The zero-order valence-corrected chi connectivity index (χ0v) is 27.7. The van der Waals surface area contributed by atoms with Gasteiger partial charge in [-0.25, -0.2) is 5.32 Å². The SMILES string of the molecule is CC[C@H](CC(=O)N(C)c1cc(C/C(C)=C/C=C/[C@@H](O)[C@@]2(O)C[C@@H]([C@H](C)[C@@H]3CO3)OC(O)N2)cc(OC)c1Cl)OC(=O)[C@H](C)N=[N+]=[N-]. The first kappa shape index (κ1) is 37.3. The number of anilines is 1. The molecule has 254 valence electrons. The van der Waals surface area contributed by atoms with E-state index in [1.54, 1.807) is 38.3 Å². The zero-order valence-electron chi connectivity index (χ0n) is 26.9. The maximum atomic E-state index is 13.2. The summed E-state index contributed by atoms with van der Waals surface area (Å²) in [7, 11) is 3.03. The maximum absolute atomic E-state index is 13.2. The number of carbonyl (C=O) groups excluding carboxylic acids is 2. The molecule has 2 aliphatic heterocycles. The number of nitrogens with one attached hydrogen (secondary N) is 1. The maximum Gasteiger partial charge on any atom is 0.314 e. The largest absolute Gasteiger partial charge is 0.495 e. The summed E-state index contributed by atoms with van der Waals surface area (Å²) in [6.45, 7) is 7.57. The molecule has 0 aromatic heterocycles. The van der Waals surface area contributed by atoms with Gasteiger partial charge < -0.3 is 39.2 Å². The number of amides is 1. The van der Waals surface area contributed by atoms with E-state index in [0.717, 1.165) is 11.1 Å². The van der Waals surface area contributed by atoms with E-state index in [0.29, 0.717) is 30.9 Å². The van der Waals surface area contributed by atoms with Crippen molar-refractivity contribution in [2.24, 2.45) is 11.0 Å². The summed E-state index contributed by atoms with van der Waals surface area (Å²) in [4.78, 5) is 29.4. The quantitative estimate of drug-likeness (QED) is 0.0537. The Kier molecular flexibility index (Phi) is 13.4. The standard InChI is InChI=1S/C31H44ClN5O9/c1-7-21(45-29(40)19(4)35-36-33)14-27(39)37(5)22-12-20(13-23(43-6)28(22)32)11-17(2)9-8-10-26(38)31(42)15-24(46-30(41)34-31)18(3)25-16-44-25/h8-10,12-13,18-19,21,24-26,30,34,38,41-42H,7,11,14-16H2,1-6H3/b10-8+,17-9+/t18-,19-,21+,24-,25-,26+,30?,31-/m0/s1. The van der Waals surface area contributed by atoms with E-state index in [4.69, 9.17) is 36.1 Å². The first-order valence-corrected chi connectivity index (χ1v) is 15.5. The third kappa shape index (κ3) is 9.90. The average molecular weight is 666 g/mol. The number of epoxide rings is 1. The Bertz CT molecular complexity index is 1350. The summed E-state index contributed by atoms with van der Waals surface area (Å²) in [5, 5.41) is 38.1. The number of hydrogen-bond donors (Lipinski definition) is 4. The van der Waals surface area contributed by atoms with Gasteiger partial charge in [0.25, 0.3) is 0 Å². The van der Waals surface area contributed by atoms with Crippen molar-refractivity contribution in [3.8, 4) is 5.75 Å². The molecule has 14 nitrogen and oxygen atoms in total. The molecule has 0 radical (unpaired) electrons. The van der Waals surface area contributed by atoms with Crippen LogP contribution in [0.1, 0.15) is 52.5 Å². The third-order valence-electron chi connectivity index (χ3n) is 8.11. The smallest absolute Gasteiger partial charge is 0.314 e. The van der Waals surface area contributed by atoms with Gasteiger partial charge in [0.15, 0.2) is 5.72 Å². The molecule has 0 spiro atoms. The van der Waals surface area contributed by atoms with Crippen LogP contribution in [0.4, 0.5) is 5.69 Å². The molecule has 46 heavy (non-hydrogen) atoms. The van der Waals surface area contributed by atoms with Crippen molar-refractivity contribution in [1.82, 2.24) is 5.32 Å². The van der Waals surface area contributed by atoms with Crippen LogP contribution in [0, 0.1) is 5.92 Å². The van der Waals surface area contributed by atoms with E-state index in [1.165, 1.54) is 25.0 Å². The van der Waals surface area contributed by atoms with E-state index in [1.807, 2.05) is 13.8 Å². The second kappa shape index (κ2) is 16.6. The van der Waals surface area contributed by atoms with Gasteiger partial charge >= 0.3 is 5.97 Å². The van der Waals surface area contributed by atoms with Crippen LogP contribution in [0.15, 0.2) is 41.0 Å². The number of rotatable bonds is 15. The molecule has 1 aromatic carbocycles. The Morgan fingerprint density at radius 3 is 2.65 bits per heavy atom. The van der Waals surface area contributed by atoms with E-state index in [9.17, 15) is 24.9 Å². The first-order valence-electron chi connectivity index (χ1n) is 15.1. The number of halogens is 1. The summed E-state index contributed by atoms with van der Waals surface area (Å²) in [6, 6.07) is 2.50. The number of esters is 1. The molecule has 0 saturated carbocycles. The molecule has 0 aliphatic carbocycles. The molecule has 2 heterocycles. The van der Waals surface area contributed by atoms with Gasteiger partial charge in [-0.05, 0) is 49.9 Å². The van der Waals surface area contributed by atoms with Crippen LogP contribution in [0.5, 0.6) is 5.75 Å². The molecule has 3 rings (SSSR count). The average Bonchev–Trinajstić information content (AvgIpc) is 3.86. The highest BCUT2D eigenvalue weighted by molar-refractivity contribution is 6.35. The fourth-order valence-corrected chi connectivity index (χ4v) is 5.38. The monoisotopic (exact) mass is 665 g/mol. The molecule has 2 saturated heterocycles. The minimum atomic E-state index is -1.81. The molecule has 1 aromatic rings. The number of hydrogen-bond acceptors (Lipinski definition) is 11. The van der Waals surface area contributed by atoms with Gasteiger partial charge in [0.1, 0.15) is 29.0 Å².